The molecule has 10 heteroatoms. The molecule has 0 fully saturated rings. The highest BCUT2D eigenvalue weighted by molar-refractivity contribution is 6.30. The molecule has 3 N–H and O–H groups in total. The van der Waals surface area contributed by atoms with Crippen molar-refractivity contribution >= 4 is 29.7 Å². The second-order valence-electron chi connectivity index (χ2n) is 4.20. The van der Waals surface area contributed by atoms with Crippen LogP contribution in [-0.4, -0.2) is 4.98 Å². The molecule has 0 radical (unpaired) electrons. The summed E-state index contributed by atoms with van der Waals surface area (Å²) in [7, 11) is 0. The molecule has 2 rings (SSSR count). The molecule has 1 heterocycles. The first-order chi connectivity index (χ1) is 10.3. The van der Waals surface area contributed by atoms with Gasteiger partial charge in [0.2, 0.25) is 0 Å². The van der Waals surface area contributed by atoms with Crippen LogP contribution in [0, 0.1) is 5.82 Å². The Kier molecular flexibility index (Phi) is 6.43. The third kappa shape index (κ3) is 4.85. The Morgan fingerprint density at radius 1 is 1.26 bits per heavy atom. The van der Waals surface area contributed by atoms with Gasteiger partial charge in [-0.05, 0) is 18.2 Å². The molecule has 2 aromatic rings. The Hall–Kier alpha value is -1.77. The smallest absolute Gasteiger partial charge is 0.380 e. The Morgan fingerprint density at radius 2 is 1.96 bits per heavy atom. The standard InChI is InChI=1S/C13H10ClF4N3O.ClH/c14-7-1-2-11(9(3-7)13(16,17)18)21-22-8-4-10(15)12(5-19)20-6-8;/h1-4,6,21H,5,19H2;1H. The summed E-state index contributed by atoms with van der Waals surface area (Å²) in [6.45, 7) is -0.102. The van der Waals surface area contributed by atoms with Gasteiger partial charge >= 0.3 is 6.18 Å². The fourth-order valence-electron chi connectivity index (χ4n) is 1.61. The Balaban J connectivity index is 0.00000264. The number of alkyl halides is 3. The van der Waals surface area contributed by atoms with Gasteiger partial charge in [0.15, 0.2) is 5.75 Å². The largest absolute Gasteiger partial charge is 0.418 e. The van der Waals surface area contributed by atoms with E-state index in [9.17, 15) is 17.6 Å². The number of hydrogen-bond acceptors (Lipinski definition) is 4. The lowest BCUT2D eigenvalue weighted by atomic mass is 10.2. The SMILES string of the molecule is Cl.NCc1ncc(ONc2ccc(Cl)cc2C(F)(F)F)cc1F. The maximum atomic E-state index is 13.4. The maximum Gasteiger partial charge on any atom is 0.418 e. The molecule has 0 spiro atoms. The average molecular weight is 372 g/mol. The zero-order chi connectivity index (χ0) is 16.3. The van der Waals surface area contributed by atoms with Crippen LogP contribution in [0.4, 0.5) is 23.2 Å². The molecule has 4 nitrogen and oxygen atoms in total. The van der Waals surface area contributed by atoms with Gasteiger partial charge in [-0.15, -0.1) is 12.4 Å². The van der Waals surface area contributed by atoms with Gasteiger partial charge in [-0.3, -0.25) is 4.98 Å². The molecule has 0 unspecified atom stereocenters. The average Bonchev–Trinajstić information content (AvgIpc) is 2.45. The van der Waals surface area contributed by atoms with Crippen molar-refractivity contribution in [1.29, 1.82) is 0 Å². The van der Waals surface area contributed by atoms with E-state index in [4.69, 9.17) is 22.2 Å². The van der Waals surface area contributed by atoms with Crippen LogP contribution < -0.4 is 16.1 Å². The Bertz CT molecular complexity index is 683. The zero-order valence-electron chi connectivity index (χ0n) is 11.3. The molecule has 1 aromatic heterocycles. The number of rotatable bonds is 4. The van der Waals surface area contributed by atoms with Gasteiger partial charge in [0.25, 0.3) is 0 Å². The number of nitrogens with zero attached hydrogens (tertiary/aromatic N) is 1. The van der Waals surface area contributed by atoms with Gasteiger partial charge in [-0.1, -0.05) is 11.6 Å². The first kappa shape index (κ1) is 19.3. The number of pyridine rings is 1. The molecule has 0 amide bonds. The lowest BCUT2D eigenvalue weighted by Crippen LogP contribution is -2.13. The molecule has 0 atom stereocenters. The fraction of sp³-hybridized carbons (Fsp3) is 0.154. The summed E-state index contributed by atoms with van der Waals surface area (Å²) in [5, 5.41) is -0.0714. The van der Waals surface area contributed by atoms with E-state index in [1.165, 1.54) is 6.07 Å². The highest BCUT2D eigenvalue weighted by Crippen LogP contribution is 2.36. The molecule has 0 aliphatic heterocycles. The number of nitrogens with one attached hydrogen (secondary N) is 1. The quantitative estimate of drug-likeness (QED) is 0.625. The molecule has 126 valence electrons. The van der Waals surface area contributed by atoms with Crippen LogP contribution in [0.5, 0.6) is 5.75 Å². The minimum absolute atomic E-state index is 0. The predicted octanol–water partition coefficient (Wildman–Crippen LogP) is 4.18. The number of aromatic nitrogens is 1. The third-order valence-corrected chi connectivity index (χ3v) is 2.89. The van der Waals surface area contributed by atoms with Crippen LogP contribution in [0.3, 0.4) is 0 Å². The number of benzene rings is 1. The van der Waals surface area contributed by atoms with Gasteiger partial charge in [-0.25, -0.2) is 9.87 Å². The van der Waals surface area contributed by atoms with Crippen LogP contribution >= 0.6 is 24.0 Å². The zero-order valence-corrected chi connectivity index (χ0v) is 12.9. The summed E-state index contributed by atoms with van der Waals surface area (Å²) in [6, 6.07) is 4.08. The topological polar surface area (TPSA) is 60.2 Å². The lowest BCUT2D eigenvalue weighted by molar-refractivity contribution is -0.137. The van der Waals surface area contributed by atoms with E-state index < -0.39 is 17.6 Å². The number of anilines is 1. The summed E-state index contributed by atoms with van der Waals surface area (Å²) >= 11 is 5.55. The van der Waals surface area contributed by atoms with Gasteiger partial charge in [0, 0.05) is 17.6 Å². The molecular formula is C13H11Cl2F4N3O. The van der Waals surface area contributed by atoms with Crippen molar-refractivity contribution in [1.82, 2.24) is 4.98 Å². The van der Waals surface area contributed by atoms with Crippen LogP contribution in [0.2, 0.25) is 5.02 Å². The second kappa shape index (κ2) is 7.67. The molecule has 1 aromatic carbocycles. The van der Waals surface area contributed by atoms with Gasteiger partial charge in [0.05, 0.1) is 23.1 Å². The monoisotopic (exact) mass is 371 g/mol. The number of hydrogen-bond donors (Lipinski definition) is 2. The van der Waals surface area contributed by atoms with Gasteiger partial charge < -0.3 is 10.6 Å². The highest BCUT2D eigenvalue weighted by atomic mass is 35.5. The van der Waals surface area contributed by atoms with Crippen molar-refractivity contribution in [2.24, 2.45) is 5.73 Å². The summed E-state index contributed by atoms with van der Waals surface area (Å²) in [5.41, 5.74) is 6.02. The first-order valence-electron chi connectivity index (χ1n) is 5.95. The van der Waals surface area contributed by atoms with Crippen LogP contribution in [0.25, 0.3) is 0 Å². The van der Waals surface area contributed by atoms with E-state index in [1.54, 1.807) is 0 Å². The van der Waals surface area contributed by atoms with E-state index in [-0.39, 0.29) is 41.1 Å². The van der Waals surface area contributed by atoms with E-state index in [1.807, 2.05) is 0 Å². The number of halogens is 6. The molecule has 0 bridgehead atoms. The lowest BCUT2D eigenvalue weighted by Gasteiger charge is -2.15. The third-order valence-electron chi connectivity index (χ3n) is 2.65. The summed E-state index contributed by atoms with van der Waals surface area (Å²) in [4.78, 5) is 8.60. The minimum atomic E-state index is -4.62. The van der Waals surface area contributed by atoms with E-state index in [2.05, 4.69) is 10.5 Å². The van der Waals surface area contributed by atoms with Crippen molar-refractivity contribution in [2.45, 2.75) is 12.7 Å². The predicted molar refractivity (Wildman–Crippen MR) is 80.0 cm³/mol. The Morgan fingerprint density at radius 3 is 2.52 bits per heavy atom. The minimum Gasteiger partial charge on any atom is -0.380 e. The normalized spacial score (nSPS) is 10.9. The second-order valence-corrected chi connectivity index (χ2v) is 4.63. The molecule has 0 saturated carbocycles. The van der Waals surface area contributed by atoms with Crippen LogP contribution in [0.1, 0.15) is 11.3 Å². The van der Waals surface area contributed by atoms with Crippen molar-refractivity contribution in [2.75, 3.05) is 5.48 Å². The summed E-state index contributed by atoms with van der Waals surface area (Å²) < 4.78 is 52.1. The van der Waals surface area contributed by atoms with E-state index in [0.29, 0.717) is 0 Å². The first-order valence-corrected chi connectivity index (χ1v) is 6.33. The molecule has 0 saturated heterocycles. The van der Waals surface area contributed by atoms with Crippen LogP contribution in [0.15, 0.2) is 30.5 Å². The molecular weight excluding hydrogens is 361 g/mol. The van der Waals surface area contributed by atoms with E-state index in [0.717, 1.165) is 24.4 Å². The fourth-order valence-corrected chi connectivity index (χ4v) is 1.78. The van der Waals surface area contributed by atoms with Crippen molar-refractivity contribution < 1.29 is 22.4 Å². The highest BCUT2D eigenvalue weighted by Gasteiger charge is 2.34. The molecule has 0 aliphatic rings. The maximum absolute atomic E-state index is 13.4. The molecule has 0 aliphatic carbocycles. The van der Waals surface area contributed by atoms with Gasteiger partial charge in [0.1, 0.15) is 5.82 Å². The molecule has 23 heavy (non-hydrogen) atoms. The van der Waals surface area contributed by atoms with E-state index >= 15 is 0 Å². The van der Waals surface area contributed by atoms with Crippen molar-refractivity contribution in [3.63, 3.8) is 0 Å². The number of nitrogens with two attached hydrogens (primary N) is 1. The summed E-state index contributed by atoms with van der Waals surface area (Å²) in [6.07, 6.45) is -3.48. The van der Waals surface area contributed by atoms with Crippen molar-refractivity contribution in [3.05, 3.63) is 52.6 Å². The van der Waals surface area contributed by atoms with Gasteiger partial charge in [-0.2, -0.15) is 13.2 Å². The summed E-state index contributed by atoms with van der Waals surface area (Å²) in [5.74, 6) is -0.813. The Labute approximate surface area is 140 Å². The van der Waals surface area contributed by atoms with Crippen molar-refractivity contribution in [3.8, 4) is 5.75 Å². The van der Waals surface area contributed by atoms with Crippen LogP contribution in [-0.2, 0) is 12.7 Å².